The van der Waals surface area contributed by atoms with Gasteiger partial charge in [0.25, 0.3) is 0 Å². The number of nitrogens with one attached hydrogen (secondary N) is 1. The number of aliphatic hydroxyl groups excluding tert-OH is 1. The van der Waals surface area contributed by atoms with Gasteiger partial charge in [-0.25, -0.2) is 9.18 Å². The lowest BCUT2D eigenvalue weighted by Crippen LogP contribution is -2.45. The number of benzene rings is 2. The molecule has 8 heteroatoms. The molecular formula is C22H26ClFN2O4. The molecule has 3 rings (SSSR count). The Labute approximate surface area is 180 Å². The van der Waals surface area contributed by atoms with E-state index in [2.05, 4.69) is 10.2 Å². The van der Waals surface area contributed by atoms with Crippen molar-refractivity contribution < 1.29 is 24.1 Å². The van der Waals surface area contributed by atoms with Crippen molar-refractivity contribution in [3.05, 3.63) is 64.4 Å². The number of hydrogen-bond donors (Lipinski definition) is 3. The molecule has 0 amide bonds. The topological polar surface area (TPSA) is 82.0 Å². The van der Waals surface area contributed by atoms with Crippen molar-refractivity contribution >= 4 is 17.6 Å². The summed E-state index contributed by atoms with van der Waals surface area (Å²) in [6.07, 6.45) is 1.10. The molecule has 30 heavy (non-hydrogen) atoms. The number of carboxylic acids is 1. The Balaban J connectivity index is 1.38. The molecule has 0 aromatic heterocycles. The highest BCUT2D eigenvalue weighted by molar-refractivity contribution is 6.30. The first-order valence-corrected chi connectivity index (χ1v) is 10.3. The molecule has 3 N–H and O–H groups in total. The van der Waals surface area contributed by atoms with E-state index in [9.17, 15) is 14.3 Å². The van der Waals surface area contributed by atoms with Gasteiger partial charge in [0.15, 0.2) is 0 Å². The Hall–Kier alpha value is -2.19. The zero-order valence-corrected chi connectivity index (χ0v) is 17.3. The molecule has 1 saturated heterocycles. The Morgan fingerprint density at radius 1 is 1.23 bits per heavy atom. The molecule has 1 aliphatic heterocycles. The molecule has 0 radical (unpaired) electrons. The maximum Gasteiger partial charge on any atom is 0.339 e. The molecule has 1 aliphatic rings. The Bertz CT molecular complexity index is 842. The number of piperidine rings is 1. The Kier molecular flexibility index (Phi) is 8.04. The molecule has 162 valence electrons. The van der Waals surface area contributed by atoms with Crippen molar-refractivity contribution in [1.29, 1.82) is 0 Å². The summed E-state index contributed by atoms with van der Waals surface area (Å²) in [6.45, 7) is 3.00. The lowest BCUT2D eigenvalue weighted by atomic mass is 10.0. The minimum atomic E-state index is -1.21. The molecule has 2 aromatic rings. The first-order chi connectivity index (χ1) is 14.4. The van der Waals surface area contributed by atoms with Crippen LogP contribution in [0.3, 0.4) is 0 Å². The van der Waals surface area contributed by atoms with Crippen LogP contribution in [-0.4, -0.2) is 59.5 Å². The minimum absolute atomic E-state index is 0.0861. The molecule has 2 aromatic carbocycles. The summed E-state index contributed by atoms with van der Waals surface area (Å²) < 4.78 is 18.7. The molecule has 0 bridgehead atoms. The molecular weight excluding hydrogens is 411 g/mol. The van der Waals surface area contributed by atoms with E-state index in [4.69, 9.17) is 21.4 Å². The minimum Gasteiger partial charge on any atom is -0.490 e. The fraction of sp³-hybridized carbons (Fsp3) is 0.409. The average Bonchev–Trinajstić information content (AvgIpc) is 2.73. The number of rotatable bonds is 9. The van der Waals surface area contributed by atoms with E-state index in [1.807, 2.05) is 24.3 Å². The summed E-state index contributed by atoms with van der Waals surface area (Å²) >= 11 is 5.93. The number of aliphatic hydroxyl groups is 1. The molecule has 1 heterocycles. The lowest BCUT2D eigenvalue weighted by molar-refractivity contribution is 0.0681. The van der Waals surface area contributed by atoms with Crippen molar-refractivity contribution in [2.45, 2.75) is 31.5 Å². The number of halogens is 2. The SMILES string of the molecule is O=C(O)c1ccc(F)cc1OC[C@@H](O)CNC1CCN(Cc2ccc(Cl)cc2)CC1. The number of nitrogens with zero attached hydrogens (tertiary/aromatic N) is 1. The lowest BCUT2D eigenvalue weighted by Gasteiger charge is -2.33. The van der Waals surface area contributed by atoms with E-state index in [1.54, 1.807) is 0 Å². The highest BCUT2D eigenvalue weighted by Crippen LogP contribution is 2.20. The fourth-order valence-electron chi connectivity index (χ4n) is 3.48. The van der Waals surface area contributed by atoms with Crippen LogP contribution in [0.2, 0.25) is 5.02 Å². The number of likely N-dealkylation sites (tertiary alicyclic amines) is 1. The largest absolute Gasteiger partial charge is 0.490 e. The fourth-order valence-corrected chi connectivity index (χ4v) is 3.61. The zero-order valence-electron chi connectivity index (χ0n) is 16.6. The standard InChI is InChI=1S/C22H26ClFN2O4/c23-16-3-1-15(2-4-16)13-26-9-7-18(8-10-26)25-12-19(27)14-30-21-11-17(24)5-6-20(21)22(28)29/h1-6,11,18-19,25,27H,7-10,12-14H2,(H,28,29)/t19-/m0/s1. The Morgan fingerprint density at radius 3 is 2.60 bits per heavy atom. The van der Waals surface area contributed by atoms with Gasteiger partial charge < -0.3 is 20.3 Å². The third-order valence-corrected chi connectivity index (χ3v) is 5.41. The highest BCUT2D eigenvalue weighted by atomic mass is 35.5. The summed E-state index contributed by atoms with van der Waals surface area (Å²) in [5, 5.41) is 23.4. The predicted octanol–water partition coefficient (Wildman–Crippen LogP) is 3.17. The van der Waals surface area contributed by atoms with Gasteiger partial charge in [0.05, 0.1) is 0 Å². The first kappa shape index (κ1) is 22.5. The molecule has 6 nitrogen and oxygen atoms in total. The summed E-state index contributed by atoms with van der Waals surface area (Å²) in [5.74, 6) is -1.88. The first-order valence-electron chi connectivity index (χ1n) is 9.94. The third-order valence-electron chi connectivity index (χ3n) is 5.15. The van der Waals surface area contributed by atoms with Gasteiger partial charge in [0.2, 0.25) is 0 Å². The van der Waals surface area contributed by atoms with Gasteiger partial charge in [0.1, 0.15) is 29.8 Å². The zero-order chi connectivity index (χ0) is 21.5. The maximum atomic E-state index is 13.4. The van der Waals surface area contributed by atoms with Crippen LogP contribution in [0.15, 0.2) is 42.5 Å². The van der Waals surface area contributed by atoms with Crippen LogP contribution in [0.5, 0.6) is 5.75 Å². The van der Waals surface area contributed by atoms with Crippen molar-refractivity contribution in [1.82, 2.24) is 10.2 Å². The molecule has 1 atom stereocenters. The number of ether oxygens (including phenoxy) is 1. The maximum absolute atomic E-state index is 13.4. The van der Waals surface area contributed by atoms with Gasteiger partial charge in [-0.2, -0.15) is 0 Å². The van der Waals surface area contributed by atoms with E-state index in [0.29, 0.717) is 12.6 Å². The normalized spacial score (nSPS) is 16.4. The van der Waals surface area contributed by atoms with Crippen LogP contribution in [0.1, 0.15) is 28.8 Å². The monoisotopic (exact) mass is 436 g/mol. The molecule has 0 saturated carbocycles. The molecule has 0 spiro atoms. The van der Waals surface area contributed by atoms with Crippen molar-refractivity contribution in [3.8, 4) is 5.75 Å². The van der Waals surface area contributed by atoms with Crippen LogP contribution in [0, 0.1) is 5.82 Å². The van der Waals surface area contributed by atoms with Gasteiger partial charge in [-0.05, 0) is 55.8 Å². The van der Waals surface area contributed by atoms with E-state index >= 15 is 0 Å². The molecule has 1 fully saturated rings. The number of carboxylic acid groups (broad SMARTS) is 1. The second-order valence-corrected chi connectivity index (χ2v) is 7.93. The van der Waals surface area contributed by atoms with Gasteiger partial charge in [0, 0.05) is 30.2 Å². The van der Waals surface area contributed by atoms with Gasteiger partial charge >= 0.3 is 5.97 Å². The van der Waals surface area contributed by atoms with Crippen LogP contribution in [-0.2, 0) is 6.54 Å². The van der Waals surface area contributed by atoms with Crippen molar-refractivity contribution in [3.63, 3.8) is 0 Å². The summed E-state index contributed by atoms with van der Waals surface area (Å²) in [7, 11) is 0. The molecule has 0 unspecified atom stereocenters. The molecule has 0 aliphatic carbocycles. The Morgan fingerprint density at radius 2 is 1.93 bits per heavy atom. The van der Waals surface area contributed by atoms with E-state index < -0.39 is 17.9 Å². The second-order valence-electron chi connectivity index (χ2n) is 7.50. The number of aromatic carboxylic acids is 1. The smallest absolute Gasteiger partial charge is 0.339 e. The van der Waals surface area contributed by atoms with Crippen LogP contribution < -0.4 is 10.1 Å². The average molecular weight is 437 g/mol. The second kappa shape index (κ2) is 10.7. The third kappa shape index (κ3) is 6.67. The van der Waals surface area contributed by atoms with Crippen molar-refractivity contribution in [2.75, 3.05) is 26.2 Å². The van der Waals surface area contributed by atoms with Gasteiger partial charge in [-0.3, -0.25) is 4.90 Å². The van der Waals surface area contributed by atoms with E-state index in [-0.39, 0.29) is 17.9 Å². The summed E-state index contributed by atoms with van der Waals surface area (Å²) in [6, 6.07) is 11.4. The van der Waals surface area contributed by atoms with Crippen LogP contribution in [0.25, 0.3) is 0 Å². The van der Waals surface area contributed by atoms with Crippen LogP contribution in [0.4, 0.5) is 4.39 Å². The highest BCUT2D eigenvalue weighted by Gasteiger charge is 2.20. The summed E-state index contributed by atoms with van der Waals surface area (Å²) in [5.41, 5.74) is 1.10. The quantitative estimate of drug-likeness (QED) is 0.560. The van der Waals surface area contributed by atoms with E-state index in [1.165, 1.54) is 5.56 Å². The van der Waals surface area contributed by atoms with Crippen molar-refractivity contribution in [2.24, 2.45) is 0 Å². The van der Waals surface area contributed by atoms with Gasteiger partial charge in [-0.15, -0.1) is 0 Å². The van der Waals surface area contributed by atoms with E-state index in [0.717, 1.165) is 55.7 Å². The number of carbonyl (C=O) groups is 1. The van der Waals surface area contributed by atoms with Gasteiger partial charge in [-0.1, -0.05) is 23.7 Å². The predicted molar refractivity (Wildman–Crippen MR) is 113 cm³/mol. The summed E-state index contributed by atoms with van der Waals surface area (Å²) in [4.78, 5) is 13.6. The number of hydrogen-bond acceptors (Lipinski definition) is 5. The van der Waals surface area contributed by atoms with Crippen LogP contribution >= 0.6 is 11.6 Å².